The third-order valence-electron chi connectivity index (χ3n) is 2.09. The zero-order valence-corrected chi connectivity index (χ0v) is 8.75. The van der Waals surface area contributed by atoms with Gasteiger partial charge in [-0.1, -0.05) is 13.8 Å². The van der Waals surface area contributed by atoms with Gasteiger partial charge in [0.2, 0.25) is 11.8 Å². The van der Waals surface area contributed by atoms with Gasteiger partial charge < -0.3 is 16.8 Å². The molecule has 0 rings (SSSR count). The van der Waals surface area contributed by atoms with Crippen LogP contribution in [-0.2, 0) is 9.59 Å². The summed E-state index contributed by atoms with van der Waals surface area (Å²) in [5, 5.41) is 2.75. The van der Waals surface area contributed by atoms with Crippen LogP contribution in [0.3, 0.4) is 0 Å². The summed E-state index contributed by atoms with van der Waals surface area (Å²) >= 11 is 0. The standard InChI is InChI=1S/C9H19N3O2/c1-3-6(4-2)12-9(14)7(10)5-8(11)13/h6-7H,3-5,10H2,1-2H3,(H2,11,13)(H,12,14). The Morgan fingerprint density at radius 2 is 1.79 bits per heavy atom. The quantitative estimate of drug-likeness (QED) is 0.540. The zero-order chi connectivity index (χ0) is 11.1. The van der Waals surface area contributed by atoms with Crippen molar-refractivity contribution in [3.63, 3.8) is 0 Å². The van der Waals surface area contributed by atoms with Gasteiger partial charge in [0.1, 0.15) is 0 Å². The van der Waals surface area contributed by atoms with E-state index in [4.69, 9.17) is 11.5 Å². The summed E-state index contributed by atoms with van der Waals surface area (Å²) in [5.41, 5.74) is 10.4. The molecular formula is C9H19N3O2. The Morgan fingerprint density at radius 3 is 2.14 bits per heavy atom. The lowest BCUT2D eigenvalue weighted by atomic mass is 10.1. The molecule has 2 amide bonds. The van der Waals surface area contributed by atoms with Crippen molar-refractivity contribution in [2.75, 3.05) is 0 Å². The van der Waals surface area contributed by atoms with E-state index in [9.17, 15) is 9.59 Å². The van der Waals surface area contributed by atoms with Crippen LogP contribution in [0.25, 0.3) is 0 Å². The molecule has 0 heterocycles. The number of hydrogen-bond acceptors (Lipinski definition) is 3. The van der Waals surface area contributed by atoms with Crippen LogP contribution in [0, 0.1) is 0 Å². The molecule has 0 aliphatic heterocycles. The maximum atomic E-state index is 11.4. The molecule has 0 aromatic rings. The summed E-state index contributed by atoms with van der Waals surface area (Å²) in [5.74, 6) is -0.866. The fraction of sp³-hybridized carbons (Fsp3) is 0.778. The molecule has 14 heavy (non-hydrogen) atoms. The van der Waals surface area contributed by atoms with Crippen molar-refractivity contribution < 1.29 is 9.59 Å². The molecule has 0 saturated heterocycles. The Morgan fingerprint density at radius 1 is 1.29 bits per heavy atom. The van der Waals surface area contributed by atoms with Crippen LogP contribution in [0.15, 0.2) is 0 Å². The molecule has 0 bridgehead atoms. The van der Waals surface area contributed by atoms with E-state index >= 15 is 0 Å². The first-order valence-electron chi connectivity index (χ1n) is 4.85. The van der Waals surface area contributed by atoms with Gasteiger partial charge in [-0.3, -0.25) is 9.59 Å². The van der Waals surface area contributed by atoms with Crippen LogP contribution in [0.4, 0.5) is 0 Å². The number of carbonyl (C=O) groups excluding carboxylic acids is 2. The lowest BCUT2D eigenvalue weighted by Gasteiger charge is -2.17. The highest BCUT2D eigenvalue weighted by atomic mass is 16.2. The van der Waals surface area contributed by atoms with Crippen molar-refractivity contribution >= 4 is 11.8 Å². The Bertz CT molecular complexity index is 202. The second-order valence-electron chi connectivity index (χ2n) is 3.30. The third kappa shape index (κ3) is 4.81. The summed E-state index contributed by atoms with van der Waals surface area (Å²) < 4.78 is 0. The summed E-state index contributed by atoms with van der Waals surface area (Å²) in [7, 11) is 0. The summed E-state index contributed by atoms with van der Waals surface area (Å²) in [6.45, 7) is 3.96. The molecule has 0 saturated carbocycles. The fourth-order valence-electron chi connectivity index (χ4n) is 1.11. The molecule has 0 aromatic heterocycles. The van der Waals surface area contributed by atoms with Gasteiger partial charge >= 0.3 is 0 Å². The Balaban J connectivity index is 3.99. The van der Waals surface area contributed by atoms with E-state index < -0.39 is 11.9 Å². The van der Waals surface area contributed by atoms with E-state index in [1.54, 1.807) is 0 Å². The summed E-state index contributed by atoms with van der Waals surface area (Å²) in [4.78, 5) is 21.9. The van der Waals surface area contributed by atoms with Gasteiger partial charge in [0.05, 0.1) is 12.5 Å². The van der Waals surface area contributed by atoms with Crippen molar-refractivity contribution in [2.24, 2.45) is 11.5 Å². The van der Waals surface area contributed by atoms with Crippen molar-refractivity contribution in [3.8, 4) is 0 Å². The second-order valence-corrected chi connectivity index (χ2v) is 3.30. The fourth-order valence-corrected chi connectivity index (χ4v) is 1.11. The first kappa shape index (κ1) is 12.9. The van der Waals surface area contributed by atoms with Crippen LogP contribution in [0.1, 0.15) is 33.1 Å². The maximum Gasteiger partial charge on any atom is 0.237 e. The minimum Gasteiger partial charge on any atom is -0.370 e. The first-order valence-corrected chi connectivity index (χ1v) is 4.85. The minimum absolute atomic E-state index is 0.105. The molecule has 0 aromatic carbocycles. The van der Waals surface area contributed by atoms with Gasteiger partial charge in [-0.25, -0.2) is 0 Å². The molecule has 0 aliphatic rings. The van der Waals surface area contributed by atoms with E-state index in [2.05, 4.69) is 5.32 Å². The average Bonchev–Trinajstić information content (AvgIpc) is 2.12. The highest BCUT2D eigenvalue weighted by Gasteiger charge is 2.17. The van der Waals surface area contributed by atoms with Gasteiger partial charge in [-0.05, 0) is 12.8 Å². The van der Waals surface area contributed by atoms with Gasteiger partial charge in [0.25, 0.3) is 0 Å². The highest BCUT2D eigenvalue weighted by molar-refractivity contribution is 5.87. The van der Waals surface area contributed by atoms with Crippen molar-refractivity contribution in [3.05, 3.63) is 0 Å². The van der Waals surface area contributed by atoms with Gasteiger partial charge in [-0.15, -0.1) is 0 Å². The zero-order valence-electron chi connectivity index (χ0n) is 8.75. The largest absolute Gasteiger partial charge is 0.370 e. The SMILES string of the molecule is CCC(CC)NC(=O)C(N)CC(N)=O. The number of nitrogens with two attached hydrogens (primary N) is 2. The second kappa shape index (κ2) is 6.37. The normalized spacial score (nSPS) is 12.6. The van der Waals surface area contributed by atoms with Crippen LogP contribution in [-0.4, -0.2) is 23.9 Å². The molecule has 0 aliphatic carbocycles. The Hall–Kier alpha value is -1.10. The van der Waals surface area contributed by atoms with Crippen molar-refractivity contribution in [1.29, 1.82) is 0 Å². The van der Waals surface area contributed by atoms with E-state index in [-0.39, 0.29) is 18.4 Å². The number of hydrogen-bond donors (Lipinski definition) is 3. The minimum atomic E-state index is -0.826. The molecule has 82 valence electrons. The van der Waals surface area contributed by atoms with Gasteiger partial charge in [-0.2, -0.15) is 0 Å². The van der Waals surface area contributed by atoms with Crippen molar-refractivity contribution in [2.45, 2.75) is 45.2 Å². The summed E-state index contributed by atoms with van der Waals surface area (Å²) in [6, 6.07) is -0.700. The molecule has 5 N–H and O–H groups in total. The van der Waals surface area contributed by atoms with Gasteiger partial charge in [0.15, 0.2) is 0 Å². The molecule has 5 heteroatoms. The number of rotatable bonds is 6. The van der Waals surface area contributed by atoms with Crippen molar-refractivity contribution in [1.82, 2.24) is 5.32 Å². The molecule has 0 radical (unpaired) electrons. The lowest BCUT2D eigenvalue weighted by Crippen LogP contribution is -2.46. The number of primary amides is 1. The molecule has 5 nitrogen and oxygen atoms in total. The smallest absolute Gasteiger partial charge is 0.237 e. The maximum absolute atomic E-state index is 11.4. The molecule has 1 unspecified atom stereocenters. The van der Waals surface area contributed by atoms with Crippen LogP contribution in [0.5, 0.6) is 0 Å². The van der Waals surface area contributed by atoms with Crippen LogP contribution >= 0.6 is 0 Å². The molecule has 0 spiro atoms. The predicted molar refractivity (Wildman–Crippen MR) is 54.3 cm³/mol. The monoisotopic (exact) mass is 201 g/mol. The number of nitrogens with one attached hydrogen (secondary N) is 1. The van der Waals surface area contributed by atoms with E-state index in [1.165, 1.54) is 0 Å². The van der Waals surface area contributed by atoms with E-state index in [0.717, 1.165) is 12.8 Å². The summed E-state index contributed by atoms with van der Waals surface area (Å²) in [6.07, 6.45) is 1.60. The van der Waals surface area contributed by atoms with E-state index in [1.807, 2.05) is 13.8 Å². The molecule has 0 fully saturated rings. The highest BCUT2D eigenvalue weighted by Crippen LogP contribution is 1.97. The van der Waals surface area contributed by atoms with Crippen LogP contribution < -0.4 is 16.8 Å². The third-order valence-corrected chi connectivity index (χ3v) is 2.09. The Labute approximate surface area is 84.2 Å². The van der Waals surface area contributed by atoms with Gasteiger partial charge in [0, 0.05) is 6.04 Å². The number of amides is 2. The average molecular weight is 201 g/mol. The molecule has 1 atom stereocenters. The number of carbonyl (C=O) groups is 2. The Kier molecular flexibility index (Phi) is 5.87. The first-order chi connectivity index (χ1) is 6.51. The molecular weight excluding hydrogens is 182 g/mol. The van der Waals surface area contributed by atoms with E-state index in [0.29, 0.717) is 0 Å². The topological polar surface area (TPSA) is 98.2 Å². The lowest BCUT2D eigenvalue weighted by molar-refractivity contribution is -0.126. The predicted octanol–water partition coefficient (Wildman–Crippen LogP) is -0.506. The van der Waals surface area contributed by atoms with Crippen LogP contribution in [0.2, 0.25) is 0 Å².